The Hall–Kier alpha value is -3.25. The van der Waals surface area contributed by atoms with Gasteiger partial charge in [0.15, 0.2) is 0 Å². The smallest absolute Gasteiger partial charge is 0.145 e. The summed E-state index contributed by atoms with van der Waals surface area (Å²) in [4.78, 5) is 6.03. The van der Waals surface area contributed by atoms with Crippen molar-refractivity contribution in [1.29, 1.82) is 0 Å². The first kappa shape index (κ1) is 20.1. The largest absolute Gasteiger partial charge is 0.492 e. The quantitative estimate of drug-likeness (QED) is 0.648. The second-order valence-corrected chi connectivity index (χ2v) is 6.08. The van der Waals surface area contributed by atoms with Crippen molar-refractivity contribution in [3.05, 3.63) is 73.1 Å². The molecule has 0 spiro atoms. The third-order valence-corrected chi connectivity index (χ3v) is 3.44. The van der Waals surface area contributed by atoms with E-state index in [0.29, 0.717) is 6.61 Å². The summed E-state index contributed by atoms with van der Waals surface area (Å²) in [6.45, 7) is 1.63. The highest BCUT2D eigenvalue weighted by molar-refractivity contribution is 5.43. The molecule has 1 aromatic heterocycles. The van der Waals surface area contributed by atoms with E-state index >= 15 is 0 Å². The van der Waals surface area contributed by atoms with Crippen molar-refractivity contribution in [2.75, 3.05) is 38.7 Å². The summed E-state index contributed by atoms with van der Waals surface area (Å²) >= 11 is 0. The number of hydrogen-bond acceptors (Lipinski definition) is 6. The molecule has 0 aliphatic carbocycles. The fraction of sp³-hybridized carbons (Fsp3) is 0.190. The molecule has 0 fully saturated rings. The number of nitrogen functional groups attached to an aromatic ring is 2. The zero-order chi connectivity index (χ0) is 19.5. The average molecular weight is 366 g/mol. The van der Waals surface area contributed by atoms with Crippen molar-refractivity contribution in [2.45, 2.75) is 0 Å². The van der Waals surface area contributed by atoms with E-state index < -0.39 is 0 Å². The molecule has 27 heavy (non-hydrogen) atoms. The van der Waals surface area contributed by atoms with Gasteiger partial charge in [0.2, 0.25) is 0 Å². The Bertz CT molecular complexity index is 776. The van der Waals surface area contributed by atoms with Gasteiger partial charge >= 0.3 is 0 Å². The molecule has 142 valence electrons. The third kappa shape index (κ3) is 8.11. The molecule has 4 N–H and O–H groups in total. The maximum absolute atomic E-state index is 5.55. The molecule has 3 rings (SSSR count). The van der Waals surface area contributed by atoms with E-state index in [0.717, 1.165) is 35.2 Å². The topological polar surface area (TPSA) is 86.6 Å². The van der Waals surface area contributed by atoms with Crippen LogP contribution in [0.25, 0.3) is 0 Å². The molecule has 0 saturated carbocycles. The molecule has 0 saturated heterocycles. The van der Waals surface area contributed by atoms with Crippen LogP contribution in [0.2, 0.25) is 0 Å². The van der Waals surface area contributed by atoms with Gasteiger partial charge in [0, 0.05) is 24.1 Å². The first-order valence-electron chi connectivity index (χ1n) is 8.59. The molecule has 0 atom stereocenters. The van der Waals surface area contributed by atoms with Crippen LogP contribution in [0.5, 0.6) is 17.2 Å². The minimum atomic E-state index is 0.705. The zero-order valence-electron chi connectivity index (χ0n) is 15.7. The predicted molar refractivity (Wildman–Crippen MR) is 110 cm³/mol. The first-order chi connectivity index (χ1) is 13.0. The molecule has 0 amide bonds. The van der Waals surface area contributed by atoms with Gasteiger partial charge in [-0.2, -0.15) is 0 Å². The SMILES string of the molecule is CN(C)CCOc1ccc(N)cc1.Nc1ccc(Oc2cccnc2)cc1. The summed E-state index contributed by atoms with van der Waals surface area (Å²) in [5.74, 6) is 2.35. The minimum absolute atomic E-state index is 0.705. The van der Waals surface area contributed by atoms with Crippen LogP contribution >= 0.6 is 0 Å². The van der Waals surface area contributed by atoms with E-state index in [1.54, 1.807) is 24.5 Å². The van der Waals surface area contributed by atoms with Crippen molar-refractivity contribution < 1.29 is 9.47 Å². The maximum atomic E-state index is 5.55. The number of hydrogen-bond donors (Lipinski definition) is 2. The van der Waals surface area contributed by atoms with Crippen LogP contribution in [-0.2, 0) is 0 Å². The monoisotopic (exact) mass is 366 g/mol. The van der Waals surface area contributed by atoms with Gasteiger partial charge in [-0.05, 0) is 74.8 Å². The number of ether oxygens (including phenoxy) is 2. The molecule has 2 aromatic carbocycles. The van der Waals surface area contributed by atoms with E-state index in [9.17, 15) is 0 Å². The standard InChI is InChI=1S/C11H10N2O.C10H16N2O/c12-9-3-5-10(6-4-9)14-11-2-1-7-13-8-11;1-12(2)7-8-13-10-5-3-9(11)4-6-10/h1-8H,12H2;3-6H,7-8,11H2,1-2H3. The van der Waals surface area contributed by atoms with Crippen LogP contribution in [0.1, 0.15) is 0 Å². The number of benzene rings is 2. The van der Waals surface area contributed by atoms with Gasteiger partial charge in [-0.3, -0.25) is 4.98 Å². The Morgan fingerprint density at radius 1 is 0.815 bits per heavy atom. The lowest BCUT2D eigenvalue weighted by atomic mass is 10.3. The number of likely N-dealkylation sites (N-methyl/N-ethyl adjacent to an activating group) is 1. The Balaban J connectivity index is 0.000000194. The van der Waals surface area contributed by atoms with Crippen molar-refractivity contribution in [1.82, 2.24) is 9.88 Å². The van der Waals surface area contributed by atoms with E-state index in [4.69, 9.17) is 20.9 Å². The molecule has 0 bridgehead atoms. The summed E-state index contributed by atoms with van der Waals surface area (Å²) in [5, 5.41) is 0. The van der Waals surface area contributed by atoms with Gasteiger partial charge < -0.3 is 25.8 Å². The molecule has 3 aromatic rings. The molecule has 0 unspecified atom stereocenters. The Morgan fingerprint density at radius 2 is 1.41 bits per heavy atom. The lowest BCUT2D eigenvalue weighted by molar-refractivity contribution is 0.261. The summed E-state index contributed by atoms with van der Waals surface area (Å²) in [6, 6.07) is 18.4. The normalized spacial score (nSPS) is 10.0. The van der Waals surface area contributed by atoms with Crippen molar-refractivity contribution in [3.8, 4) is 17.2 Å². The van der Waals surface area contributed by atoms with Crippen molar-refractivity contribution in [3.63, 3.8) is 0 Å². The molecule has 0 aliphatic rings. The second kappa shape index (κ2) is 10.7. The number of nitrogens with two attached hydrogens (primary N) is 2. The highest BCUT2D eigenvalue weighted by Crippen LogP contribution is 2.20. The van der Waals surface area contributed by atoms with E-state index in [-0.39, 0.29) is 0 Å². The number of pyridine rings is 1. The van der Waals surface area contributed by atoms with Crippen LogP contribution in [-0.4, -0.2) is 37.1 Å². The van der Waals surface area contributed by atoms with Crippen LogP contribution in [0, 0.1) is 0 Å². The molecule has 6 heteroatoms. The predicted octanol–water partition coefficient (Wildman–Crippen LogP) is 3.67. The molecule has 0 aliphatic heterocycles. The highest BCUT2D eigenvalue weighted by Gasteiger charge is 1.95. The van der Waals surface area contributed by atoms with Crippen molar-refractivity contribution in [2.24, 2.45) is 0 Å². The summed E-state index contributed by atoms with van der Waals surface area (Å²) < 4.78 is 11.0. The Morgan fingerprint density at radius 3 is 1.93 bits per heavy atom. The van der Waals surface area contributed by atoms with Gasteiger partial charge in [-0.25, -0.2) is 0 Å². The lowest BCUT2D eigenvalue weighted by Crippen LogP contribution is -2.19. The molecular formula is C21H26N4O2. The van der Waals surface area contributed by atoms with Crippen LogP contribution < -0.4 is 20.9 Å². The molecular weight excluding hydrogens is 340 g/mol. The van der Waals surface area contributed by atoms with E-state index in [1.165, 1.54) is 0 Å². The summed E-state index contributed by atoms with van der Waals surface area (Å²) in [5.41, 5.74) is 12.6. The molecule has 0 radical (unpaired) electrons. The van der Waals surface area contributed by atoms with Crippen LogP contribution in [0.3, 0.4) is 0 Å². The number of aromatic nitrogens is 1. The third-order valence-electron chi connectivity index (χ3n) is 3.44. The van der Waals surface area contributed by atoms with Crippen LogP contribution in [0.15, 0.2) is 73.1 Å². The Kier molecular flexibility index (Phi) is 7.93. The average Bonchev–Trinajstić information content (AvgIpc) is 2.66. The van der Waals surface area contributed by atoms with E-state index in [1.807, 2.05) is 62.6 Å². The van der Waals surface area contributed by atoms with E-state index in [2.05, 4.69) is 9.88 Å². The zero-order valence-corrected chi connectivity index (χ0v) is 15.7. The number of rotatable bonds is 6. The minimum Gasteiger partial charge on any atom is -0.492 e. The summed E-state index contributed by atoms with van der Waals surface area (Å²) in [7, 11) is 4.04. The van der Waals surface area contributed by atoms with Gasteiger partial charge in [-0.15, -0.1) is 0 Å². The fourth-order valence-electron chi connectivity index (χ4n) is 1.99. The first-order valence-corrected chi connectivity index (χ1v) is 8.59. The number of nitrogens with zero attached hydrogens (tertiary/aromatic N) is 2. The van der Waals surface area contributed by atoms with Crippen LogP contribution in [0.4, 0.5) is 11.4 Å². The second-order valence-electron chi connectivity index (χ2n) is 6.08. The summed E-state index contributed by atoms with van der Waals surface area (Å²) in [6.07, 6.45) is 3.37. The Labute approximate surface area is 160 Å². The number of anilines is 2. The maximum Gasteiger partial charge on any atom is 0.145 e. The molecule has 1 heterocycles. The lowest BCUT2D eigenvalue weighted by Gasteiger charge is -2.10. The van der Waals surface area contributed by atoms with Gasteiger partial charge in [0.05, 0.1) is 6.20 Å². The van der Waals surface area contributed by atoms with Gasteiger partial charge in [0.1, 0.15) is 23.9 Å². The van der Waals surface area contributed by atoms with Gasteiger partial charge in [-0.1, -0.05) is 0 Å². The highest BCUT2D eigenvalue weighted by atomic mass is 16.5. The molecule has 6 nitrogen and oxygen atoms in total. The fourth-order valence-corrected chi connectivity index (χ4v) is 1.99. The van der Waals surface area contributed by atoms with Gasteiger partial charge in [0.25, 0.3) is 0 Å². The van der Waals surface area contributed by atoms with Crippen molar-refractivity contribution >= 4 is 11.4 Å².